The van der Waals surface area contributed by atoms with Gasteiger partial charge in [-0.1, -0.05) is 0 Å². The van der Waals surface area contributed by atoms with Crippen LogP contribution in [0.5, 0.6) is 0 Å². The number of carbonyl (C=O) groups is 2. The van der Waals surface area contributed by atoms with Gasteiger partial charge in [-0.2, -0.15) is 0 Å². The number of aliphatic carboxylic acids is 1. The fraction of sp³-hybridized carbons (Fsp3) is 0.818. The van der Waals surface area contributed by atoms with Gasteiger partial charge in [0.2, 0.25) is 0 Å². The molecule has 0 aromatic heterocycles. The second kappa shape index (κ2) is 4.91. The molecule has 0 radical (unpaired) electrons. The number of nitrogens with one attached hydrogen (secondary N) is 1. The molecule has 1 rings (SSSR count). The van der Waals surface area contributed by atoms with E-state index in [2.05, 4.69) is 5.32 Å². The summed E-state index contributed by atoms with van der Waals surface area (Å²) in [7, 11) is 0. The van der Waals surface area contributed by atoms with Crippen molar-refractivity contribution in [1.29, 1.82) is 0 Å². The number of ether oxygens (including phenoxy) is 1. The highest BCUT2D eigenvalue weighted by Gasteiger charge is 2.34. The van der Waals surface area contributed by atoms with Crippen molar-refractivity contribution in [3.8, 4) is 0 Å². The molecule has 0 bridgehead atoms. The topological polar surface area (TPSA) is 78.9 Å². The molecule has 1 fully saturated rings. The van der Waals surface area contributed by atoms with E-state index in [1.807, 2.05) is 6.92 Å². The zero-order valence-electron chi connectivity index (χ0n) is 10.7. The van der Waals surface area contributed by atoms with E-state index in [4.69, 9.17) is 9.84 Å². The molecule has 1 amide bonds. The van der Waals surface area contributed by atoms with Gasteiger partial charge in [-0.15, -0.1) is 0 Å². The number of nitrogens with zero attached hydrogens (tertiary/aromatic N) is 1. The van der Waals surface area contributed by atoms with Gasteiger partial charge in [0.25, 0.3) is 0 Å². The van der Waals surface area contributed by atoms with Crippen LogP contribution in [0.15, 0.2) is 0 Å². The Kier molecular flexibility index (Phi) is 3.98. The molecular weight excluding hydrogens is 224 g/mol. The predicted molar refractivity (Wildman–Crippen MR) is 61.8 cm³/mol. The minimum absolute atomic E-state index is 0.0690. The number of hydrogen-bond donors (Lipinski definition) is 2. The molecule has 0 saturated carbocycles. The standard InChI is InChI=1S/C11H20N2O4/c1-7-5-12-8(9(14)15)6-13(7)10(16)17-11(2,3)4/h7-8,12H,5-6H2,1-4H3,(H,14,15)/t7-,8-/m1/s1. The SMILES string of the molecule is C[C@@H]1CN[C@@H](C(=O)O)CN1C(=O)OC(C)(C)C. The van der Waals surface area contributed by atoms with Crippen molar-refractivity contribution in [3.63, 3.8) is 0 Å². The summed E-state index contributed by atoms with van der Waals surface area (Å²) < 4.78 is 5.24. The summed E-state index contributed by atoms with van der Waals surface area (Å²) in [4.78, 5) is 24.2. The number of hydrogen-bond acceptors (Lipinski definition) is 4. The number of amides is 1. The lowest BCUT2D eigenvalue weighted by molar-refractivity contribution is -0.140. The molecule has 1 aliphatic rings. The van der Waals surface area contributed by atoms with Crippen LogP contribution in [0.4, 0.5) is 4.79 Å². The molecule has 0 aromatic rings. The summed E-state index contributed by atoms with van der Waals surface area (Å²) in [6.07, 6.45) is -0.460. The molecule has 1 saturated heterocycles. The Labute approximate surface area is 101 Å². The van der Waals surface area contributed by atoms with E-state index in [0.29, 0.717) is 6.54 Å². The quantitative estimate of drug-likeness (QED) is 0.708. The van der Waals surface area contributed by atoms with Gasteiger partial charge in [-0.05, 0) is 27.7 Å². The van der Waals surface area contributed by atoms with Crippen molar-refractivity contribution in [2.24, 2.45) is 0 Å². The lowest BCUT2D eigenvalue weighted by Crippen LogP contribution is -2.60. The molecule has 0 unspecified atom stereocenters. The van der Waals surface area contributed by atoms with Crippen LogP contribution in [0.2, 0.25) is 0 Å². The average molecular weight is 244 g/mol. The van der Waals surface area contributed by atoms with Crippen LogP contribution in [0.3, 0.4) is 0 Å². The Balaban J connectivity index is 2.67. The third-order valence-electron chi connectivity index (χ3n) is 2.50. The molecule has 2 N–H and O–H groups in total. The molecule has 1 aliphatic heterocycles. The van der Waals surface area contributed by atoms with Crippen LogP contribution in [0, 0.1) is 0 Å². The van der Waals surface area contributed by atoms with Crippen LogP contribution < -0.4 is 5.32 Å². The molecule has 0 aromatic carbocycles. The molecule has 17 heavy (non-hydrogen) atoms. The molecule has 98 valence electrons. The summed E-state index contributed by atoms with van der Waals surface area (Å²) >= 11 is 0. The van der Waals surface area contributed by atoms with E-state index in [1.54, 1.807) is 20.8 Å². The largest absolute Gasteiger partial charge is 0.480 e. The van der Waals surface area contributed by atoms with Gasteiger partial charge < -0.3 is 20.1 Å². The Morgan fingerprint density at radius 3 is 2.47 bits per heavy atom. The van der Waals surface area contributed by atoms with Gasteiger partial charge in [-0.25, -0.2) is 4.79 Å². The van der Waals surface area contributed by atoms with Crippen molar-refractivity contribution >= 4 is 12.1 Å². The predicted octanol–water partition coefficient (Wildman–Crippen LogP) is 0.668. The Morgan fingerprint density at radius 2 is 2.00 bits per heavy atom. The first-order valence-electron chi connectivity index (χ1n) is 5.66. The fourth-order valence-corrected chi connectivity index (χ4v) is 1.60. The number of piperazine rings is 1. The maximum absolute atomic E-state index is 11.9. The van der Waals surface area contributed by atoms with Crippen molar-refractivity contribution in [2.75, 3.05) is 13.1 Å². The highest BCUT2D eigenvalue weighted by atomic mass is 16.6. The van der Waals surface area contributed by atoms with Crippen LogP contribution >= 0.6 is 0 Å². The summed E-state index contributed by atoms with van der Waals surface area (Å²) in [6.45, 7) is 7.79. The first-order chi connectivity index (χ1) is 7.70. The van der Waals surface area contributed by atoms with Crippen molar-refractivity contribution < 1.29 is 19.4 Å². The summed E-state index contributed by atoms with van der Waals surface area (Å²) in [5.74, 6) is -0.953. The van der Waals surface area contributed by atoms with Crippen molar-refractivity contribution in [1.82, 2.24) is 10.2 Å². The maximum atomic E-state index is 11.9. The van der Waals surface area contributed by atoms with Crippen LogP contribution in [0.1, 0.15) is 27.7 Å². The number of rotatable bonds is 1. The Hall–Kier alpha value is -1.30. The van der Waals surface area contributed by atoms with Gasteiger partial charge >= 0.3 is 12.1 Å². The van der Waals surface area contributed by atoms with Gasteiger partial charge in [0.1, 0.15) is 11.6 Å². The molecule has 0 aliphatic carbocycles. The van der Waals surface area contributed by atoms with Crippen LogP contribution in [-0.4, -0.2) is 52.8 Å². The second-order valence-corrected chi connectivity index (χ2v) is 5.28. The summed E-state index contributed by atoms with van der Waals surface area (Å²) in [5, 5.41) is 11.8. The van der Waals surface area contributed by atoms with E-state index < -0.39 is 23.7 Å². The Bertz CT molecular complexity index is 311. The molecule has 6 nitrogen and oxygen atoms in total. The van der Waals surface area contributed by atoms with E-state index in [1.165, 1.54) is 4.90 Å². The third kappa shape index (κ3) is 3.89. The van der Waals surface area contributed by atoms with E-state index in [9.17, 15) is 9.59 Å². The van der Waals surface area contributed by atoms with E-state index >= 15 is 0 Å². The molecule has 0 spiro atoms. The van der Waals surface area contributed by atoms with Crippen molar-refractivity contribution in [2.45, 2.75) is 45.4 Å². The number of carbonyl (C=O) groups excluding carboxylic acids is 1. The lowest BCUT2D eigenvalue weighted by atomic mass is 10.1. The second-order valence-electron chi connectivity index (χ2n) is 5.28. The molecular formula is C11H20N2O4. The van der Waals surface area contributed by atoms with Crippen LogP contribution in [-0.2, 0) is 9.53 Å². The monoisotopic (exact) mass is 244 g/mol. The normalized spacial score (nSPS) is 25.5. The molecule has 2 atom stereocenters. The minimum atomic E-state index is -0.953. The number of carboxylic acid groups (broad SMARTS) is 1. The zero-order valence-corrected chi connectivity index (χ0v) is 10.7. The van der Waals surface area contributed by atoms with Gasteiger partial charge in [0.15, 0.2) is 0 Å². The fourth-order valence-electron chi connectivity index (χ4n) is 1.60. The average Bonchev–Trinajstić information content (AvgIpc) is 2.14. The van der Waals surface area contributed by atoms with Crippen LogP contribution in [0.25, 0.3) is 0 Å². The summed E-state index contributed by atoms with van der Waals surface area (Å²) in [5.41, 5.74) is -0.569. The molecule has 1 heterocycles. The van der Waals surface area contributed by atoms with E-state index in [0.717, 1.165) is 0 Å². The minimum Gasteiger partial charge on any atom is -0.480 e. The first-order valence-corrected chi connectivity index (χ1v) is 5.66. The van der Waals surface area contributed by atoms with Crippen molar-refractivity contribution in [3.05, 3.63) is 0 Å². The molecule has 6 heteroatoms. The highest BCUT2D eigenvalue weighted by Crippen LogP contribution is 2.14. The maximum Gasteiger partial charge on any atom is 0.410 e. The zero-order chi connectivity index (χ0) is 13.2. The van der Waals surface area contributed by atoms with Gasteiger partial charge in [0.05, 0.1) is 6.54 Å². The highest BCUT2D eigenvalue weighted by molar-refractivity contribution is 5.76. The lowest BCUT2D eigenvalue weighted by Gasteiger charge is -2.37. The first kappa shape index (κ1) is 13.8. The summed E-state index contributed by atoms with van der Waals surface area (Å²) in [6, 6.07) is -0.792. The van der Waals surface area contributed by atoms with Gasteiger partial charge in [0, 0.05) is 12.6 Å². The van der Waals surface area contributed by atoms with E-state index in [-0.39, 0.29) is 12.6 Å². The van der Waals surface area contributed by atoms with Gasteiger partial charge in [-0.3, -0.25) is 4.79 Å². The smallest absolute Gasteiger partial charge is 0.410 e. The third-order valence-corrected chi connectivity index (χ3v) is 2.50. The number of carboxylic acids is 1. The Morgan fingerprint density at radius 1 is 1.41 bits per heavy atom.